The van der Waals surface area contributed by atoms with E-state index in [1.54, 1.807) is 12.1 Å². The van der Waals surface area contributed by atoms with Crippen LogP contribution in [0.5, 0.6) is 0 Å². The van der Waals surface area contributed by atoms with Gasteiger partial charge < -0.3 is 4.74 Å². The largest absolute Gasteiger partial charge is 0.380 e. The molecule has 3 aromatic rings. The molecule has 2 aromatic heterocycles. The lowest BCUT2D eigenvalue weighted by atomic mass is 10.1. The van der Waals surface area contributed by atoms with Crippen LogP contribution in [0.25, 0.3) is 11.2 Å². The number of ether oxygens (including phenoxy) is 1. The Morgan fingerprint density at radius 3 is 2.67 bits per heavy atom. The number of hydrazone groups is 1. The molecule has 0 spiro atoms. The molecule has 1 aliphatic heterocycles. The monoisotopic (exact) mass is 410 g/mol. The zero-order valence-electron chi connectivity index (χ0n) is 17.8. The van der Waals surface area contributed by atoms with Gasteiger partial charge in [-0.15, -0.1) is 0 Å². The third-order valence-corrected chi connectivity index (χ3v) is 5.36. The molecule has 3 heterocycles. The van der Waals surface area contributed by atoms with Gasteiger partial charge in [-0.2, -0.15) is 10.1 Å². The highest BCUT2D eigenvalue weighted by Gasteiger charge is 2.26. The standard InChI is InChI=1S/C21H26N6O3/c1-5-30-11-10-27-20-22-18-17(25(20)12-15(3)23-27)19(28)26(21(29)24(18)4)13-16-9-7-6-8-14(16)2/h6-9H,5,10-13H2,1-4H3. The van der Waals surface area contributed by atoms with Crippen molar-refractivity contribution in [2.24, 2.45) is 12.1 Å². The maximum atomic E-state index is 13.4. The molecule has 1 aliphatic rings. The fraction of sp³-hybridized carbons (Fsp3) is 0.429. The van der Waals surface area contributed by atoms with E-state index in [-0.39, 0.29) is 17.8 Å². The number of aryl methyl sites for hydroxylation is 2. The first-order chi connectivity index (χ1) is 14.4. The van der Waals surface area contributed by atoms with Crippen molar-refractivity contribution in [3.8, 4) is 0 Å². The van der Waals surface area contributed by atoms with E-state index < -0.39 is 0 Å². The highest BCUT2D eigenvalue weighted by Crippen LogP contribution is 2.23. The van der Waals surface area contributed by atoms with E-state index in [0.29, 0.717) is 43.4 Å². The van der Waals surface area contributed by atoms with Gasteiger partial charge in [-0.25, -0.2) is 9.80 Å². The van der Waals surface area contributed by atoms with Crippen molar-refractivity contribution in [2.45, 2.75) is 33.9 Å². The van der Waals surface area contributed by atoms with E-state index in [1.807, 2.05) is 49.6 Å². The summed E-state index contributed by atoms with van der Waals surface area (Å²) in [5.41, 5.74) is 2.89. The van der Waals surface area contributed by atoms with Crippen LogP contribution >= 0.6 is 0 Å². The summed E-state index contributed by atoms with van der Waals surface area (Å²) in [5.74, 6) is 0.552. The Morgan fingerprint density at radius 1 is 1.17 bits per heavy atom. The molecule has 1 aromatic carbocycles. The highest BCUT2D eigenvalue weighted by molar-refractivity contribution is 5.87. The molecule has 4 rings (SSSR count). The van der Waals surface area contributed by atoms with Gasteiger partial charge in [-0.05, 0) is 31.9 Å². The van der Waals surface area contributed by atoms with Crippen LogP contribution in [0.1, 0.15) is 25.0 Å². The second kappa shape index (κ2) is 7.91. The molecule has 158 valence electrons. The van der Waals surface area contributed by atoms with E-state index in [9.17, 15) is 9.59 Å². The normalized spacial score (nSPS) is 13.6. The van der Waals surface area contributed by atoms with E-state index in [4.69, 9.17) is 4.74 Å². The van der Waals surface area contributed by atoms with Gasteiger partial charge in [0.05, 0.1) is 32.0 Å². The number of benzene rings is 1. The Labute approximate surface area is 173 Å². The second-order valence-electron chi connectivity index (χ2n) is 7.48. The van der Waals surface area contributed by atoms with E-state index >= 15 is 0 Å². The first-order valence-corrected chi connectivity index (χ1v) is 10.1. The van der Waals surface area contributed by atoms with E-state index in [2.05, 4.69) is 10.1 Å². The zero-order valence-corrected chi connectivity index (χ0v) is 17.8. The summed E-state index contributed by atoms with van der Waals surface area (Å²) < 4.78 is 10.0. The molecule has 0 unspecified atom stereocenters. The summed E-state index contributed by atoms with van der Waals surface area (Å²) in [4.78, 5) is 31.0. The van der Waals surface area contributed by atoms with Gasteiger partial charge in [0, 0.05) is 13.7 Å². The topological polar surface area (TPSA) is 86.7 Å². The summed E-state index contributed by atoms with van der Waals surface area (Å²) >= 11 is 0. The molecule has 0 fully saturated rings. The van der Waals surface area contributed by atoms with Gasteiger partial charge in [0.25, 0.3) is 5.56 Å². The molecule has 0 bridgehead atoms. The Kier molecular flexibility index (Phi) is 5.29. The van der Waals surface area contributed by atoms with Gasteiger partial charge in [-0.1, -0.05) is 24.3 Å². The molecule has 0 saturated carbocycles. The summed E-state index contributed by atoms with van der Waals surface area (Å²) in [6, 6.07) is 7.76. The number of rotatable bonds is 6. The third-order valence-electron chi connectivity index (χ3n) is 5.36. The smallest absolute Gasteiger partial charge is 0.332 e. The van der Waals surface area contributed by atoms with Crippen LogP contribution in [-0.4, -0.2) is 44.2 Å². The Bertz CT molecular complexity index is 1250. The molecular formula is C21H26N6O3. The maximum absolute atomic E-state index is 13.4. The van der Waals surface area contributed by atoms with E-state index in [1.165, 1.54) is 9.13 Å². The van der Waals surface area contributed by atoms with Crippen LogP contribution in [0.2, 0.25) is 0 Å². The SMILES string of the molecule is CCOCCN1N=C(C)Cn2c1nc1c2c(=O)n(Cc2ccccc2C)c(=O)n1C. The van der Waals surface area contributed by atoms with E-state index in [0.717, 1.165) is 16.8 Å². The maximum Gasteiger partial charge on any atom is 0.332 e. The molecule has 0 atom stereocenters. The fourth-order valence-corrected chi connectivity index (χ4v) is 3.76. The van der Waals surface area contributed by atoms with Gasteiger partial charge in [0.2, 0.25) is 5.95 Å². The zero-order chi connectivity index (χ0) is 21.4. The van der Waals surface area contributed by atoms with Crippen LogP contribution in [0.4, 0.5) is 5.95 Å². The van der Waals surface area contributed by atoms with Crippen molar-refractivity contribution in [1.29, 1.82) is 0 Å². The predicted molar refractivity (Wildman–Crippen MR) is 116 cm³/mol. The van der Waals surface area contributed by atoms with Crippen LogP contribution in [0.15, 0.2) is 39.0 Å². The third kappa shape index (κ3) is 3.35. The average molecular weight is 410 g/mol. The molecule has 0 N–H and O–H groups in total. The molecule has 30 heavy (non-hydrogen) atoms. The Hall–Kier alpha value is -3.20. The molecule has 9 heteroatoms. The lowest BCUT2D eigenvalue weighted by Crippen LogP contribution is -2.40. The fourth-order valence-electron chi connectivity index (χ4n) is 3.76. The summed E-state index contributed by atoms with van der Waals surface area (Å²) in [6.45, 7) is 8.12. The Balaban J connectivity index is 1.87. The summed E-state index contributed by atoms with van der Waals surface area (Å²) in [6.07, 6.45) is 0. The van der Waals surface area contributed by atoms with Crippen molar-refractivity contribution in [3.05, 3.63) is 56.2 Å². The first-order valence-electron chi connectivity index (χ1n) is 10.1. The average Bonchev–Trinajstić information content (AvgIpc) is 3.10. The van der Waals surface area contributed by atoms with Gasteiger partial charge >= 0.3 is 5.69 Å². The second-order valence-corrected chi connectivity index (χ2v) is 7.48. The molecule has 9 nitrogen and oxygen atoms in total. The Morgan fingerprint density at radius 2 is 1.93 bits per heavy atom. The lowest BCUT2D eigenvalue weighted by Gasteiger charge is -2.24. The van der Waals surface area contributed by atoms with Crippen molar-refractivity contribution in [1.82, 2.24) is 18.7 Å². The molecule has 0 aliphatic carbocycles. The van der Waals surface area contributed by atoms with Crippen molar-refractivity contribution in [3.63, 3.8) is 0 Å². The van der Waals surface area contributed by atoms with Crippen LogP contribution in [-0.2, 0) is 24.9 Å². The molecule has 0 radical (unpaired) electrons. The number of aromatic nitrogens is 4. The lowest BCUT2D eigenvalue weighted by molar-refractivity contribution is 0.153. The van der Waals surface area contributed by atoms with Crippen molar-refractivity contribution < 1.29 is 4.74 Å². The molecular weight excluding hydrogens is 384 g/mol. The van der Waals surface area contributed by atoms with Crippen LogP contribution in [0, 0.1) is 6.92 Å². The van der Waals surface area contributed by atoms with Gasteiger partial charge in [-0.3, -0.25) is 18.5 Å². The van der Waals surface area contributed by atoms with Gasteiger partial charge in [0.1, 0.15) is 0 Å². The minimum absolute atomic E-state index is 0.218. The number of hydrogen-bond acceptors (Lipinski definition) is 6. The summed E-state index contributed by atoms with van der Waals surface area (Å²) in [7, 11) is 1.65. The number of anilines is 1. The number of fused-ring (bicyclic) bond motifs is 3. The number of nitrogens with zero attached hydrogens (tertiary/aromatic N) is 6. The summed E-state index contributed by atoms with van der Waals surface area (Å²) in [5, 5.41) is 6.30. The predicted octanol–water partition coefficient (Wildman–Crippen LogP) is 1.49. The minimum Gasteiger partial charge on any atom is -0.380 e. The number of hydrogen-bond donors (Lipinski definition) is 0. The number of imidazole rings is 1. The molecule has 0 saturated heterocycles. The van der Waals surface area contributed by atoms with Crippen molar-refractivity contribution >= 4 is 22.8 Å². The molecule has 0 amide bonds. The minimum atomic E-state index is -0.385. The quantitative estimate of drug-likeness (QED) is 0.575. The first kappa shape index (κ1) is 20.1. The van der Waals surface area contributed by atoms with Crippen LogP contribution < -0.4 is 16.3 Å². The van der Waals surface area contributed by atoms with Crippen LogP contribution in [0.3, 0.4) is 0 Å². The van der Waals surface area contributed by atoms with Gasteiger partial charge in [0.15, 0.2) is 11.2 Å². The highest BCUT2D eigenvalue weighted by atomic mass is 16.5. The van der Waals surface area contributed by atoms with Crippen molar-refractivity contribution in [2.75, 3.05) is 24.8 Å².